The van der Waals surface area contributed by atoms with Gasteiger partial charge in [-0.25, -0.2) is 4.98 Å². The molecule has 0 atom stereocenters. The van der Waals surface area contributed by atoms with Gasteiger partial charge in [-0.05, 0) is 48.5 Å². The molecular formula is C17H14ClN3O2. The first-order valence-corrected chi connectivity index (χ1v) is 7.38. The highest BCUT2D eigenvalue weighted by Crippen LogP contribution is 2.14. The molecule has 0 fully saturated rings. The molecule has 2 aromatic heterocycles. The van der Waals surface area contributed by atoms with Crippen molar-refractivity contribution in [3.05, 3.63) is 77.3 Å². The fourth-order valence-electron chi connectivity index (χ4n) is 1.97. The van der Waals surface area contributed by atoms with Gasteiger partial charge in [0, 0.05) is 10.6 Å². The molecule has 3 aromatic rings. The maximum Gasteiger partial charge on any atom is 0.255 e. The van der Waals surface area contributed by atoms with Crippen molar-refractivity contribution in [1.29, 1.82) is 0 Å². The van der Waals surface area contributed by atoms with Gasteiger partial charge in [-0.2, -0.15) is 0 Å². The van der Waals surface area contributed by atoms with Crippen LogP contribution in [0, 0.1) is 0 Å². The first-order valence-electron chi connectivity index (χ1n) is 7.00. The molecule has 6 heteroatoms. The van der Waals surface area contributed by atoms with Gasteiger partial charge >= 0.3 is 0 Å². The number of halogens is 1. The molecule has 0 aliphatic carbocycles. The first-order chi connectivity index (χ1) is 11.2. The Hall–Kier alpha value is -2.79. The number of furan rings is 1. The van der Waals surface area contributed by atoms with Crippen molar-refractivity contribution in [1.82, 2.24) is 4.98 Å². The summed E-state index contributed by atoms with van der Waals surface area (Å²) in [5, 5.41) is 6.51. The van der Waals surface area contributed by atoms with E-state index in [4.69, 9.17) is 16.0 Å². The van der Waals surface area contributed by atoms with E-state index >= 15 is 0 Å². The minimum atomic E-state index is -0.209. The summed E-state index contributed by atoms with van der Waals surface area (Å²) in [7, 11) is 0. The van der Waals surface area contributed by atoms with E-state index in [9.17, 15) is 4.79 Å². The number of hydrogen-bond acceptors (Lipinski definition) is 4. The quantitative estimate of drug-likeness (QED) is 0.737. The Balaban J connectivity index is 1.58. The molecule has 2 heterocycles. The van der Waals surface area contributed by atoms with Gasteiger partial charge in [-0.3, -0.25) is 4.79 Å². The number of anilines is 2. The van der Waals surface area contributed by atoms with Crippen LogP contribution >= 0.6 is 11.6 Å². The molecule has 2 N–H and O–H groups in total. The second kappa shape index (κ2) is 6.98. The van der Waals surface area contributed by atoms with E-state index in [1.165, 1.54) is 0 Å². The minimum absolute atomic E-state index is 0.209. The molecule has 5 nitrogen and oxygen atoms in total. The zero-order chi connectivity index (χ0) is 16.1. The van der Waals surface area contributed by atoms with E-state index in [1.54, 1.807) is 48.9 Å². The number of nitrogens with one attached hydrogen (secondary N) is 2. The molecule has 0 aliphatic rings. The van der Waals surface area contributed by atoms with Crippen LogP contribution in [0.25, 0.3) is 0 Å². The standard InChI is InChI=1S/C17H14ClN3O2/c18-13-5-3-12(4-6-13)17(22)21-14-7-8-16(19-10-14)20-11-15-2-1-9-23-15/h1-10H,11H2,(H,19,20)(H,21,22). The Bertz CT molecular complexity index is 769. The Morgan fingerprint density at radius 3 is 2.61 bits per heavy atom. The van der Waals surface area contributed by atoms with Crippen molar-refractivity contribution >= 4 is 29.0 Å². The topological polar surface area (TPSA) is 67.2 Å². The van der Waals surface area contributed by atoms with Crippen molar-refractivity contribution in [3.63, 3.8) is 0 Å². The lowest BCUT2D eigenvalue weighted by atomic mass is 10.2. The fraction of sp³-hybridized carbons (Fsp3) is 0.0588. The van der Waals surface area contributed by atoms with Gasteiger partial charge in [-0.15, -0.1) is 0 Å². The number of aromatic nitrogens is 1. The Morgan fingerprint density at radius 2 is 1.96 bits per heavy atom. The largest absolute Gasteiger partial charge is 0.467 e. The van der Waals surface area contributed by atoms with Gasteiger partial charge in [0.15, 0.2) is 0 Å². The lowest BCUT2D eigenvalue weighted by Crippen LogP contribution is -2.12. The first kappa shape index (κ1) is 15.1. The van der Waals surface area contributed by atoms with Gasteiger partial charge in [0.05, 0.1) is 24.7 Å². The minimum Gasteiger partial charge on any atom is -0.467 e. The van der Waals surface area contributed by atoms with E-state index in [0.717, 1.165) is 5.76 Å². The average molecular weight is 328 g/mol. The number of carbonyl (C=O) groups excluding carboxylic acids is 1. The molecule has 116 valence electrons. The van der Waals surface area contributed by atoms with E-state index < -0.39 is 0 Å². The molecule has 0 aliphatic heterocycles. The zero-order valence-electron chi connectivity index (χ0n) is 12.1. The second-order valence-electron chi connectivity index (χ2n) is 4.83. The number of amides is 1. The lowest BCUT2D eigenvalue weighted by molar-refractivity contribution is 0.102. The molecule has 0 saturated carbocycles. The highest BCUT2D eigenvalue weighted by atomic mass is 35.5. The van der Waals surface area contributed by atoms with Crippen LogP contribution in [0.2, 0.25) is 5.02 Å². The third kappa shape index (κ3) is 4.11. The number of hydrogen-bond donors (Lipinski definition) is 2. The summed E-state index contributed by atoms with van der Waals surface area (Å²) < 4.78 is 5.23. The summed E-state index contributed by atoms with van der Waals surface area (Å²) in [6.07, 6.45) is 3.22. The van der Waals surface area contributed by atoms with Gasteiger partial charge < -0.3 is 15.1 Å². The van der Waals surface area contributed by atoms with Crippen molar-refractivity contribution in [2.45, 2.75) is 6.54 Å². The zero-order valence-corrected chi connectivity index (χ0v) is 12.9. The summed E-state index contributed by atoms with van der Waals surface area (Å²) in [4.78, 5) is 16.3. The molecular weight excluding hydrogens is 314 g/mol. The van der Waals surface area contributed by atoms with Crippen LogP contribution in [0.4, 0.5) is 11.5 Å². The normalized spacial score (nSPS) is 10.3. The van der Waals surface area contributed by atoms with Crippen LogP contribution in [0.1, 0.15) is 16.1 Å². The van der Waals surface area contributed by atoms with E-state index in [1.807, 2.05) is 12.1 Å². The van der Waals surface area contributed by atoms with E-state index in [2.05, 4.69) is 15.6 Å². The van der Waals surface area contributed by atoms with Crippen LogP contribution in [0.5, 0.6) is 0 Å². The summed E-state index contributed by atoms with van der Waals surface area (Å²) in [5.74, 6) is 1.32. The number of nitrogens with zero attached hydrogens (tertiary/aromatic N) is 1. The van der Waals surface area contributed by atoms with Crippen molar-refractivity contribution in [2.24, 2.45) is 0 Å². The van der Waals surface area contributed by atoms with Gasteiger partial charge in [0.25, 0.3) is 5.91 Å². The highest BCUT2D eigenvalue weighted by molar-refractivity contribution is 6.30. The van der Waals surface area contributed by atoms with Crippen LogP contribution in [0.3, 0.4) is 0 Å². The SMILES string of the molecule is O=C(Nc1ccc(NCc2ccco2)nc1)c1ccc(Cl)cc1. The maximum absolute atomic E-state index is 12.1. The highest BCUT2D eigenvalue weighted by Gasteiger charge is 2.06. The molecule has 1 amide bonds. The molecule has 0 spiro atoms. The molecule has 0 bridgehead atoms. The van der Waals surface area contributed by atoms with E-state index in [0.29, 0.717) is 28.6 Å². The number of benzene rings is 1. The summed E-state index contributed by atoms with van der Waals surface area (Å²) in [5.41, 5.74) is 1.16. The van der Waals surface area contributed by atoms with Crippen LogP contribution < -0.4 is 10.6 Å². The third-order valence-electron chi connectivity index (χ3n) is 3.15. The van der Waals surface area contributed by atoms with Crippen LogP contribution in [-0.4, -0.2) is 10.9 Å². The monoisotopic (exact) mass is 327 g/mol. The number of rotatable bonds is 5. The molecule has 3 rings (SSSR count). The van der Waals surface area contributed by atoms with E-state index in [-0.39, 0.29) is 5.91 Å². The maximum atomic E-state index is 12.1. The molecule has 0 unspecified atom stereocenters. The molecule has 23 heavy (non-hydrogen) atoms. The molecule has 0 radical (unpaired) electrons. The van der Waals surface area contributed by atoms with Gasteiger partial charge in [-0.1, -0.05) is 11.6 Å². The molecule has 1 aromatic carbocycles. The molecule has 0 saturated heterocycles. The van der Waals surface area contributed by atoms with Crippen molar-refractivity contribution in [3.8, 4) is 0 Å². The van der Waals surface area contributed by atoms with Crippen LogP contribution in [0.15, 0.2) is 65.4 Å². The predicted molar refractivity (Wildman–Crippen MR) is 89.7 cm³/mol. The van der Waals surface area contributed by atoms with Crippen molar-refractivity contribution in [2.75, 3.05) is 10.6 Å². The lowest BCUT2D eigenvalue weighted by Gasteiger charge is -2.07. The fourth-order valence-corrected chi connectivity index (χ4v) is 2.09. The summed E-state index contributed by atoms with van der Waals surface area (Å²) in [6.45, 7) is 0.552. The van der Waals surface area contributed by atoms with Gasteiger partial charge in [0.1, 0.15) is 11.6 Å². The third-order valence-corrected chi connectivity index (χ3v) is 3.40. The predicted octanol–water partition coefficient (Wildman–Crippen LogP) is 4.19. The second-order valence-corrected chi connectivity index (χ2v) is 5.26. The van der Waals surface area contributed by atoms with Crippen molar-refractivity contribution < 1.29 is 9.21 Å². The summed E-state index contributed by atoms with van der Waals surface area (Å²) >= 11 is 5.81. The Kier molecular flexibility index (Phi) is 4.59. The smallest absolute Gasteiger partial charge is 0.255 e. The Morgan fingerprint density at radius 1 is 1.13 bits per heavy atom. The summed E-state index contributed by atoms with van der Waals surface area (Å²) in [6, 6.07) is 14.0. The van der Waals surface area contributed by atoms with Crippen LogP contribution in [-0.2, 0) is 6.54 Å². The Labute approximate surface area is 138 Å². The number of carbonyl (C=O) groups is 1. The average Bonchev–Trinajstić information content (AvgIpc) is 3.08. The van der Waals surface area contributed by atoms with Gasteiger partial charge in [0.2, 0.25) is 0 Å². The number of pyridine rings is 1.